The lowest BCUT2D eigenvalue weighted by Gasteiger charge is -2.27. The van der Waals surface area contributed by atoms with E-state index in [2.05, 4.69) is 39.1 Å². The summed E-state index contributed by atoms with van der Waals surface area (Å²) in [5, 5.41) is 0. The molecule has 0 amide bonds. The molecule has 0 aromatic heterocycles. The molecular weight excluding hydrogens is 320 g/mol. The highest BCUT2D eigenvalue weighted by molar-refractivity contribution is 9.10. The summed E-state index contributed by atoms with van der Waals surface area (Å²) >= 11 is 3.55. The van der Waals surface area contributed by atoms with E-state index in [1.807, 2.05) is 0 Å². The first-order chi connectivity index (χ1) is 9.65. The van der Waals surface area contributed by atoms with E-state index in [1.165, 1.54) is 11.1 Å². The maximum atomic E-state index is 5.79. The van der Waals surface area contributed by atoms with Crippen molar-refractivity contribution in [2.45, 2.75) is 24.8 Å². The van der Waals surface area contributed by atoms with Crippen molar-refractivity contribution >= 4 is 22.0 Å². The van der Waals surface area contributed by atoms with Crippen LogP contribution in [0.4, 0.5) is 0 Å². The van der Waals surface area contributed by atoms with Crippen LogP contribution >= 0.6 is 15.9 Å². The third-order valence-electron chi connectivity index (χ3n) is 4.33. The number of hydrogen-bond donors (Lipinski definition) is 1. The molecule has 0 radical (unpaired) electrons. The van der Waals surface area contributed by atoms with Gasteiger partial charge in [0, 0.05) is 18.2 Å². The van der Waals surface area contributed by atoms with E-state index in [1.54, 1.807) is 7.11 Å². The zero-order valence-electron chi connectivity index (χ0n) is 11.6. The van der Waals surface area contributed by atoms with Gasteiger partial charge in [0.1, 0.15) is 12.1 Å². The van der Waals surface area contributed by atoms with Crippen LogP contribution in [-0.2, 0) is 21.4 Å². The molecule has 108 valence electrons. The molecule has 2 unspecified atom stereocenters. The highest BCUT2D eigenvalue weighted by Crippen LogP contribution is 2.49. The van der Waals surface area contributed by atoms with Crippen LogP contribution in [0.15, 0.2) is 27.7 Å². The Labute approximate surface area is 127 Å². The first-order valence-electron chi connectivity index (χ1n) is 6.91. The summed E-state index contributed by atoms with van der Waals surface area (Å²) in [7, 11) is 1.74. The van der Waals surface area contributed by atoms with Crippen molar-refractivity contribution in [3.05, 3.63) is 33.8 Å². The van der Waals surface area contributed by atoms with Crippen LogP contribution in [-0.4, -0.2) is 26.3 Å². The van der Waals surface area contributed by atoms with Crippen molar-refractivity contribution in [3.63, 3.8) is 0 Å². The van der Waals surface area contributed by atoms with Crippen LogP contribution in [0.2, 0.25) is 0 Å². The van der Waals surface area contributed by atoms with Gasteiger partial charge in [-0.3, -0.25) is 0 Å². The van der Waals surface area contributed by atoms with Crippen molar-refractivity contribution < 1.29 is 9.47 Å². The summed E-state index contributed by atoms with van der Waals surface area (Å²) in [5.74, 6) is 0.433. The number of halogens is 1. The van der Waals surface area contributed by atoms with Gasteiger partial charge in [0.2, 0.25) is 0 Å². The summed E-state index contributed by atoms with van der Waals surface area (Å²) < 4.78 is 11.8. The Morgan fingerprint density at radius 1 is 1.55 bits per heavy atom. The minimum atomic E-state index is -0.295. The summed E-state index contributed by atoms with van der Waals surface area (Å²) in [4.78, 5) is 4.67. The number of methoxy groups -OCH3 is 1. The minimum absolute atomic E-state index is 0.295. The molecule has 1 aromatic carbocycles. The lowest BCUT2D eigenvalue weighted by atomic mass is 9.82. The Kier molecular flexibility index (Phi) is 3.73. The topological polar surface area (TPSA) is 56.8 Å². The van der Waals surface area contributed by atoms with Crippen LogP contribution in [0.3, 0.4) is 0 Å². The highest BCUT2D eigenvalue weighted by atomic mass is 79.9. The predicted molar refractivity (Wildman–Crippen MR) is 81.7 cm³/mol. The minimum Gasteiger partial charge on any atom is -0.462 e. The highest BCUT2D eigenvalue weighted by Gasteiger charge is 2.50. The van der Waals surface area contributed by atoms with Gasteiger partial charge < -0.3 is 15.2 Å². The monoisotopic (exact) mass is 338 g/mol. The van der Waals surface area contributed by atoms with E-state index in [4.69, 9.17) is 15.2 Å². The van der Waals surface area contributed by atoms with E-state index in [0.29, 0.717) is 18.5 Å². The van der Waals surface area contributed by atoms with Gasteiger partial charge in [0.25, 0.3) is 6.02 Å². The Morgan fingerprint density at radius 2 is 2.40 bits per heavy atom. The fourth-order valence-electron chi connectivity index (χ4n) is 3.39. The maximum Gasteiger partial charge on any atom is 0.283 e. The smallest absolute Gasteiger partial charge is 0.283 e. The number of fused-ring (bicyclic) bond motifs is 2. The van der Waals surface area contributed by atoms with Crippen molar-refractivity contribution in [3.8, 4) is 0 Å². The van der Waals surface area contributed by atoms with Crippen molar-refractivity contribution in [2.24, 2.45) is 16.6 Å². The van der Waals surface area contributed by atoms with E-state index < -0.39 is 0 Å². The number of nitrogens with zero attached hydrogens (tertiary/aromatic N) is 1. The standard InChI is InChI=1S/C15H19BrN2O2/c1-19-6-2-3-11-7-10-4-5-12(16)8-13(10)15(11)9-20-14(17)18-15/h4-5,8,11H,2-3,6-7,9H2,1H3,(H2,17,18). The van der Waals surface area contributed by atoms with E-state index in [0.717, 1.165) is 30.3 Å². The Hall–Kier alpha value is -1.07. The van der Waals surface area contributed by atoms with Gasteiger partial charge in [-0.1, -0.05) is 22.0 Å². The third kappa shape index (κ3) is 2.23. The fourth-order valence-corrected chi connectivity index (χ4v) is 3.75. The molecule has 20 heavy (non-hydrogen) atoms. The average molecular weight is 339 g/mol. The van der Waals surface area contributed by atoms with Crippen molar-refractivity contribution in [1.82, 2.24) is 0 Å². The molecule has 2 atom stereocenters. The fraction of sp³-hybridized carbons (Fsp3) is 0.533. The Bertz CT molecular complexity index is 547. The summed E-state index contributed by atoms with van der Waals surface area (Å²) in [5.41, 5.74) is 8.12. The van der Waals surface area contributed by atoms with Crippen molar-refractivity contribution in [2.75, 3.05) is 20.3 Å². The molecule has 3 rings (SSSR count). The van der Waals surface area contributed by atoms with Gasteiger partial charge in [0.05, 0.1) is 0 Å². The number of rotatable bonds is 4. The molecule has 4 nitrogen and oxygen atoms in total. The molecule has 1 aliphatic heterocycles. The molecule has 2 aliphatic rings. The molecule has 0 saturated carbocycles. The van der Waals surface area contributed by atoms with E-state index in [-0.39, 0.29) is 5.54 Å². The second-order valence-electron chi connectivity index (χ2n) is 5.50. The normalized spacial score (nSPS) is 27.5. The molecule has 1 aromatic rings. The van der Waals surface area contributed by atoms with E-state index >= 15 is 0 Å². The quantitative estimate of drug-likeness (QED) is 0.858. The zero-order valence-corrected chi connectivity index (χ0v) is 13.1. The second-order valence-corrected chi connectivity index (χ2v) is 6.42. The number of hydrogen-bond acceptors (Lipinski definition) is 4. The van der Waals surface area contributed by atoms with Crippen LogP contribution in [0.1, 0.15) is 24.0 Å². The molecule has 1 heterocycles. The van der Waals surface area contributed by atoms with Crippen LogP contribution in [0, 0.1) is 5.92 Å². The lowest BCUT2D eigenvalue weighted by molar-refractivity contribution is 0.161. The maximum absolute atomic E-state index is 5.79. The molecule has 1 spiro atoms. The predicted octanol–water partition coefficient (Wildman–Crippen LogP) is 2.59. The molecule has 0 bridgehead atoms. The van der Waals surface area contributed by atoms with Gasteiger partial charge >= 0.3 is 0 Å². The van der Waals surface area contributed by atoms with Gasteiger partial charge in [-0.25, -0.2) is 4.99 Å². The van der Waals surface area contributed by atoms with Crippen molar-refractivity contribution in [1.29, 1.82) is 0 Å². The van der Waals surface area contributed by atoms with Crippen LogP contribution in [0.5, 0.6) is 0 Å². The number of benzene rings is 1. The Balaban J connectivity index is 1.94. The Morgan fingerprint density at radius 3 is 3.10 bits per heavy atom. The zero-order chi connectivity index (χ0) is 14.2. The number of ether oxygens (including phenoxy) is 2. The molecule has 2 N–H and O–H groups in total. The first kappa shape index (κ1) is 13.9. The molecule has 0 saturated heterocycles. The van der Waals surface area contributed by atoms with Crippen LogP contribution in [0.25, 0.3) is 0 Å². The number of amidine groups is 1. The molecule has 0 fully saturated rings. The van der Waals surface area contributed by atoms with Gasteiger partial charge in [-0.2, -0.15) is 0 Å². The summed E-state index contributed by atoms with van der Waals surface area (Å²) in [6.45, 7) is 1.34. The largest absolute Gasteiger partial charge is 0.462 e. The number of aliphatic imine (C=N–C) groups is 1. The van der Waals surface area contributed by atoms with Gasteiger partial charge in [-0.05, 0) is 48.4 Å². The third-order valence-corrected chi connectivity index (χ3v) is 4.82. The molecule has 5 heteroatoms. The first-order valence-corrected chi connectivity index (χ1v) is 7.71. The summed E-state index contributed by atoms with van der Waals surface area (Å²) in [6.07, 6.45) is 3.14. The van der Waals surface area contributed by atoms with Gasteiger partial charge in [0.15, 0.2) is 0 Å². The summed E-state index contributed by atoms with van der Waals surface area (Å²) in [6, 6.07) is 6.75. The van der Waals surface area contributed by atoms with E-state index in [9.17, 15) is 0 Å². The lowest BCUT2D eigenvalue weighted by Crippen LogP contribution is -2.31. The average Bonchev–Trinajstić information content (AvgIpc) is 2.94. The number of nitrogens with two attached hydrogens (primary N) is 1. The SMILES string of the molecule is COCCCC1Cc2ccc(Br)cc2C12COC(N)=N2. The molecule has 1 aliphatic carbocycles. The second kappa shape index (κ2) is 5.37. The van der Waals surface area contributed by atoms with Crippen LogP contribution < -0.4 is 5.73 Å². The molecular formula is C15H19BrN2O2. The van der Waals surface area contributed by atoms with Gasteiger partial charge in [-0.15, -0.1) is 0 Å².